The minimum Gasteiger partial charge on any atom is -0.453 e. The minimum atomic E-state index is -0.591. The Morgan fingerprint density at radius 1 is 1.13 bits per heavy atom. The summed E-state index contributed by atoms with van der Waals surface area (Å²) in [5.74, 6) is -1.18. The van der Waals surface area contributed by atoms with Crippen LogP contribution in [0.1, 0.15) is 24.1 Å². The van der Waals surface area contributed by atoms with Gasteiger partial charge in [0.15, 0.2) is 0 Å². The van der Waals surface area contributed by atoms with Crippen molar-refractivity contribution < 1.29 is 18.3 Å². The molecule has 1 atom stereocenters. The number of carbonyl (C=O) groups is 1. The lowest BCUT2D eigenvalue weighted by Gasteiger charge is -2.15. The summed E-state index contributed by atoms with van der Waals surface area (Å²) >= 11 is 0. The first-order valence-electron chi connectivity index (χ1n) is 7.11. The normalized spacial score (nSPS) is 11.8. The maximum absolute atomic E-state index is 13.2. The molecule has 2 aromatic rings. The van der Waals surface area contributed by atoms with E-state index in [1.807, 2.05) is 19.1 Å². The number of amides is 1. The van der Waals surface area contributed by atoms with Crippen LogP contribution < -0.4 is 10.6 Å². The van der Waals surface area contributed by atoms with Crippen molar-refractivity contribution in [3.05, 3.63) is 65.2 Å². The molecule has 0 spiro atoms. The molecule has 6 heteroatoms. The third-order valence-electron chi connectivity index (χ3n) is 3.38. The molecule has 122 valence electrons. The highest BCUT2D eigenvalue weighted by atomic mass is 19.1. The average Bonchev–Trinajstić information content (AvgIpc) is 2.52. The van der Waals surface area contributed by atoms with Crippen LogP contribution in [0.5, 0.6) is 0 Å². The number of hydrogen-bond donors (Lipinski definition) is 2. The highest BCUT2D eigenvalue weighted by Gasteiger charge is 2.08. The van der Waals surface area contributed by atoms with E-state index in [0.717, 1.165) is 11.6 Å². The molecule has 0 fully saturated rings. The van der Waals surface area contributed by atoms with E-state index in [-0.39, 0.29) is 6.04 Å². The van der Waals surface area contributed by atoms with E-state index in [1.54, 1.807) is 12.1 Å². The molecule has 1 unspecified atom stereocenters. The monoisotopic (exact) mass is 320 g/mol. The van der Waals surface area contributed by atoms with Crippen LogP contribution >= 0.6 is 0 Å². The lowest BCUT2D eigenvalue weighted by atomic mass is 10.1. The largest absolute Gasteiger partial charge is 0.453 e. The second kappa shape index (κ2) is 7.69. The van der Waals surface area contributed by atoms with Crippen LogP contribution in [0, 0.1) is 11.6 Å². The number of rotatable bonds is 5. The highest BCUT2D eigenvalue weighted by molar-refractivity contribution is 5.84. The van der Waals surface area contributed by atoms with Crippen molar-refractivity contribution in [1.29, 1.82) is 0 Å². The van der Waals surface area contributed by atoms with E-state index in [4.69, 9.17) is 0 Å². The average molecular weight is 320 g/mol. The zero-order valence-corrected chi connectivity index (χ0v) is 12.9. The number of anilines is 1. The Morgan fingerprint density at radius 2 is 1.74 bits per heavy atom. The Bertz CT molecular complexity index is 655. The molecular weight excluding hydrogens is 302 g/mol. The number of benzene rings is 2. The summed E-state index contributed by atoms with van der Waals surface area (Å²) in [4.78, 5) is 11.1. The molecule has 1 amide bonds. The Morgan fingerprint density at radius 3 is 2.30 bits per heavy atom. The molecule has 0 aliphatic rings. The molecule has 2 N–H and O–H groups in total. The molecule has 2 aromatic carbocycles. The number of methoxy groups -OCH3 is 1. The Labute approximate surface area is 133 Å². The van der Waals surface area contributed by atoms with Gasteiger partial charge in [0, 0.05) is 24.3 Å². The van der Waals surface area contributed by atoms with Gasteiger partial charge in [0.05, 0.1) is 7.11 Å². The van der Waals surface area contributed by atoms with Crippen molar-refractivity contribution in [2.45, 2.75) is 19.5 Å². The second-order valence-corrected chi connectivity index (χ2v) is 5.12. The Balaban J connectivity index is 1.93. The van der Waals surface area contributed by atoms with Crippen LogP contribution in [-0.2, 0) is 11.3 Å². The molecule has 0 bridgehead atoms. The number of halogens is 2. The number of ether oxygens (including phenoxy) is 1. The predicted molar refractivity (Wildman–Crippen MR) is 84.1 cm³/mol. The molecule has 0 saturated carbocycles. The number of hydrogen-bond acceptors (Lipinski definition) is 3. The summed E-state index contributed by atoms with van der Waals surface area (Å²) in [7, 11) is 1.30. The zero-order valence-electron chi connectivity index (χ0n) is 12.9. The van der Waals surface area contributed by atoms with Crippen LogP contribution in [0.4, 0.5) is 19.3 Å². The van der Waals surface area contributed by atoms with Gasteiger partial charge in [-0.1, -0.05) is 12.1 Å². The van der Waals surface area contributed by atoms with Crippen molar-refractivity contribution in [2.24, 2.45) is 0 Å². The summed E-state index contributed by atoms with van der Waals surface area (Å²) in [6.07, 6.45) is -0.530. The molecule has 4 nitrogen and oxygen atoms in total. The van der Waals surface area contributed by atoms with Gasteiger partial charge in [-0.15, -0.1) is 0 Å². The fourth-order valence-electron chi connectivity index (χ4n) is 2.09. The van der Waals surface area contributed by atoms with E-state index in [0.29, 0.717) is 17.8 Å². The van der Waals surface area contributed by atoms with Crippen molar-refractivity contribution in [3.63, 3.8) is 0 Å². The maximum Gasteiger partial charge on any atom is 0.411 e. The maximum atomic E-state index is 13.2. The summed E-state index contributed by atoms with van der Waals surface area (Å²) in [6, 6.07) is 10.5. The smallest absolute Gasteiger partial charge is 0.411 e. The first-order valence-corrected chi connectivity index (χ1v) is 7.11. The van der Waals surface area contributed by atoms with Gasteiger partial charge in [0.2, 0.25) is 0 Å². The third-order valence-corrected chi connectivity index (χ3v) is 3.38. The molecule has 0 aliphatic heterocycles. The second-order valence-electron chi connectivity index (χ2n) is 5.12. The molecule has 23 heavy (non-hydrogen) atoms. The first kappa shape index (κ1) is 16.9. The standard InChI is InChI=1S/C17H18F2N2O2/c1-11(13-7-14(18)9-15(19)8-13)20-10-12-3-5-16(6-4-12)21-17(22)23-2/h3-9,11,20H,10H2,1-2H3,(H,21,22). The fraction of sp³-hybridized carbons (Fsp3) is 0.235. The van der Waals surface area contributed by atoms with Gasteiger partial charge in [0.1, 0.15) is 11.6 Å². The topological polar surface area (TPSA) is 50.4 Å². The minimum absolute atomic E-state index is 0.201. The van der Waals surface area contributed by atoms with Crippen LogP contribution in [0.3, 0.4) is 0 Å². The summed E-state index contributed by atoms with van der Waals surface area (Å²) in [6.45, 7) is 2.36. The van der Waals surface area contributed by atoms with Gasteiger partial charge in [-0.05, 0) is 42.3 Å². The van der Waals surface area contributed by atoms with Gasteiger partial charge in [-0.3, -0.25) is 5.32 Å². The highest BCUT2D eigenvalue weighted by Crippen LogP contribution is 2.17. The zero-order chi connectivity index (χ0) is 16.8. The first-order chi connectivity index (χ1) is 11.0. The van der Waals surface area contributed by atoms with Crippen molar-refractivity contribution >= 4 is 11.8 Å². The summed E-state index contributed by atoms with van der Waals surface area (Å²) in [5.41, 5.74) is 2.15. The predicted octanol–water partition coefficient (Wildman–Crippen LogP) is 3.99. The van der Waals surface area contributed by atoms with Crippen LogP contribution in [0.2, 0.25) is 0 Å². The van der Waals surface area contributed by atoms with E-state index >= 15 is 0 Å². The Hall–Kier alpha value is -2.47. The summed E-state index contributed by atoms with van der Waals surface area (Å²) in [5, 5.41) is 5.75. The SMILES string of the molecule is COC(=O)Nc1ccc(CNC(C)c2cc(F)cc(F)c2)cc1. The molecule has 0 aromatic heterocycles. The molecule has 0 heterocycles. The summed E-state index contributed by atoms with van der Waals surface area (Å²) < 4.78 is 30.9. The fourth-order valence-corrected chi connectivity index (χ4v) is 2.09. The van der Waals surface area contributed by atoms with E-state index in [1.165, 1.54) is 19.2 Å². The third kappa shape index (κ3) is 5.03. The van der Waals surface area contributed by atoms with Crippen molar-refractivity contribution in [3.8, 4) is 0 Å². The molecule has 0 saturated heterocycles. The van der Waals surface area contributed by atoms with E-state index < -0.39 is 17.7 Å². The quantitative estimate of drug-likeness (QED) is 0.875. The van der Waals surface area contributed by atoms with Crippen LogP contribution in [0.25, 0.3) is 0 Å². The Kier molecular flexibility index (Phi) is 5.65. The lowest BCUT2D eigenvalue weighted by molar-refractivity contribution is 0.187. The van der Waals surface area contributed by atoms with Crippen LogP contribution in [-0.4, -0.2) is 13.2 Å². The molecule has 0 aliphatic carbocycles. The van der Waals surface area contributed by atoms with E-state index in [2.05, 4.69) is 15.4 Å². The molecule has 2 rings (SSSR count). The van der Waals surface area contributed by atoms with Gasteiger partial charge < -0.3 is 10.1 Å². The van der Waals surface area contributed by atoms with Gasteiger partial charge >= 0.3 is 6.09 Å². The molecular formula is C17H18F2N2O2. The van der Waals surface area contributed by atoms with Crippen molar-refractivity contribution in [2.75, 3.05) is 12.4 Å². The molecule has 0 radical (unpaired) electrons. The lowest BCUT2D eigenvalue weighted by Crippen LogP contribution is -2.18. The number of nitrogens with one attached hydrogen (secondary N) is 2. The van der Waals surface area contributed by atoms with Crippen LogP contribution in [0.15, 0.2) is 42.5 Å². The van der Waals surface area contributed by atoms with Gasteiger partial charge in [-0.2, -0.15) is 0 Å². The number of carbonyl (C=O) groups excluding carboxylic acids is 1. The van der Waals surface area contributed by atoms with Gasteiger partial charge in [0.25, 0.3) is 0 Å². The van der Waals surface area contributed by atoms with Gasteiger partial charge in [-0.25, -0.2) is 13.6 Å². The van der Waals surface area contributed by atoms with E-state index in [9.17, 15) is 13.6 Å². The van der Waals surface area contributed by atoms with Crippen molar-refractivity contribution in [1.82, 2.24) is 5.32 Å².